The minimum Gasteiger partial charge on any atom is -0.298 e. The van der Waals surface area contributed by atoms with E-state index in [-0.39, 0.29) is 0 Å². The van der Waals surface area contributed by atoms with E-state index >= 15 is 0 Å². The number of rotatable bonds is 3. The van der Waals surface area contributed by atoms with E-state index in [1.807, 2.05) is 11.4 Å². The van der Waals surface area contributed by atoms with Crippen molar-refractivity contribution in [3.05, 3.63) is 21.9 Å². The molecule has 0 spiro atoms. The van der Waals surface area contributed by atoms with Gasteiger partial charge < -0.3 is 0 Å². The molecule has 0 aliphatic carbocycles. The molecular weight excluding hydrogens is 156 g/mol. The number of aldehydes is 1. The molecule has 0 saturated carbocycles. The fourth-order valence-electron chi connectivity index (χ4n) is 0.969. The summed E-state index contributed by atoms with van der Waals surface area (Å²) >= 11 is 1.67. The Hall–Kier alpha value is -0.630. The van der Waals surface area contributed by atoms with Crippen LogP contribution in [-0.2, 0) is 6.42 Å². The van der Waals surface area contributed by atoms with E-state index in [1.54, 1.807) is 11.3 Å². The quantitative estimate of drug-likeness (QED) is 0.634. The standard InChI is InChI=1S/C9H12OS/c1-7(2)3-9-4-8(5-10)6-11-9/h4-7H,3H2,1-2H3. The average Bonchev–Trinajstić information content (AvgIpc) is 2.34. The first-order valence-electron chi connectivity index (χ1n) is 3.75. The maximum absolute atomic E-state index is 10.3. The van der Waals surface area contributed by atoms with Gasteiger partial charge in [0.15, 0.2) is 6.29 Å². The highest BCUT2D eigenvalue weighted by Crippen LogP contribution is 2.16. The second-order valence-electron chi connectivity index (χ2n) is 3.06. The van der Waals surface area contributed by atoms with Gasteiger partial charge in [0, 0.05) is 15.8 Å². The molecule has 0 aromatic carbocycles. The highest BCUT2D eigenvalue weighted by Gasteiger charge is 2.00. The minimum atomic E-state index is 0.674. The van der Waals surface area contributed by atoms with Crippen LogP contribution in [0.3, 0.4) is 0 Å². The van der Waals surface area contributed by atoms with Gasteiger partial charge in [0.05, 0.1) is 0 Å². The maximum Gasteiger partial charge on any atom is 0.150 e. The Kier molecular flexibility index (Phi) is 2.83. The van der Waals surface area contributed by atoms with Gasteiger partial charge in [0.1, 0.15) is 0 Å². The Labute approximate surface area is 71.1 Å². The van der Waals surface area contributed by atoms with Crippen molar-refractivity contribution in [2.45, 2.75) is 20.3 Å². The van der Waals surface area contributed by atoms with Crippen molar-refractivity contribution >= 4 is 17.6 Å². The van der Waals surface area contributed by atoms with Gasteiger partial charge >= 0.3 is 0 Å². The van der Waals surface area contributed by atoms with Gasteiger partial charge in [-0.2, -0.15) is 0 Å². The first kappa shape index (κ1) is 8.47. The third-order valence-corrected chi connectivity index (χ3v) is 2.40. The van der Waals surface area contributed by atoms with Crippen LogP contribution >= 0.6 is 11.3 Å². The largest absolute Gasteiger partial charge is 0.298 e. The number of hydrogen-bond donors (Lipinski definition) is 0. The molecule has 0 atom stereocenters. The summed E-state index contributed by atoms with van der Waals surface area (Å²) in [6.07, 6.45) is 1.98. The lowest BCUT2D eigenvalue weighted by molar-refractivity contribution is 0.112. The van der Waals surface area contributed by atoms with Crippen molar-refractivity contribution in [3.63, 3.8) is 0 Å². The van der Waals surface area contributed by atoms with E-state index in [0.29, 0.717) is 5.92 Å². The second kappa shape index (κ2) is 3.67. The summed E-state index contributed by atoms with van der Waals surface area (Å²) in [5, 5.41) is 1.91. The summed E-state index contributed by atoms with van der Waals surface area (Å²) in [5.41, 5.74) is 0.811. The third kappa shape index (κ3) is 2.46. The lowest BCUT2D eigenvalue weighted by atomic mass is 10.1. The highest BCUT2D eigenvalue weighted by molar-refractivity contribution is 7.10. The summed E-state index contributed by atoms with van der Waals surface area (Å²) in [5.74, 6) is 0.674. The van der Waals surface area contributed by atoms with Crippen LogP contribution in [0.1, 0.15) is 29.1 Å². The Morgan fingerprint density at radius 1 is 1.64 bits per heavy atom. The summed E-state index contributed by atoms with van der Waals surface area (Å²) in [4.78, 5) is 11.6. The van der Waals surface area contributed by atoms with E-state index < -0.39 is 0 Å². The first-order valence-corrected chi connectivity index (χ1v) is 4.63. The number of hydrogen-bond acceptors (Lipinski definition) is 2. The van der Waals surface area contributed by atoms with Crippen LogP contribution < -0.4 is 0 Å². The molecule has 0 bridgehead atoms. The van der Waals surface area contributed by atoms with Crippen LogP contribution in [0.2, 0.25) is 0 Å². The molecular formula is C9H12OS. The molecule has 1 aromatic heterocycles. The second-order valence-corrected chi connectivity index (χ2v) is 4.06. The molecule has 0 unspecified atom stereocenters. The zero-order valence-electron chi connectivity index (χ0n) is 6.83. The fraction of sp³-hybridized carbons (Fsp3) is 0.444. The molecule has 1 aromatic rings. The summed E-state index contributed by atoms with van der Waals surface area (Å²) in [7, 11) is 0. The molecule has 0 aliphatic heterocycles. The van der Waals surface area contributed by atoms with Crippen molar-refractivity contribution in [2.75, 3.05) is 0 Å². The van der Waals surface area contributed by atoms with Crippen LogP contribution in [0.15, 0.2) is 11.4 Å². The van der Waals surface area contributed by atoms with E-state index in [4.69, 9.17) is 0 Å². The SMILES string of the molecule is CC(C)Cc1cc(C=O)cs1. The summed E-state index contributed by atoms with van der Waals surface area (Å²) in [6, 6.07) is 1.97. The van der Waals surface area contributed by atoms with Gasteiger partial charge in [-0.05, 0) is 18.4 Å². The minimum absolute atomic E-state index is 0.674. The molecule has 0 saturated heterocycles. The van der Waals surface area contributed by atoms with E-state index in [1.165, 1.54) is 4.88 Å². The van der Waals surface area contributed by atoms with Crippen molar-refractivity contribution in [1.29, 1.82) is 0 Å². The molecule has 60 valence electrons. The smallest absolute Gasteiger partial charge is 0.150 e. The van der Waals surface area contributed by atoms with Gasteiger partial charge in [-0.25, -0.2) is 0 Å². The van der Waals surface area contributed by atoms with E-state index in [2.05, 4.69) is 13.8 Å². The van der Waals surface area contributed by atoms with Crippen molar-refractivity contribution < 1.29 is 4.79 Å². The summed E-state index contributed by atoms with van der Waals surface area (Å²) in [6.45, 7) is 4.36. The van der Waals surface area contributed by atoms with Crippen molar-refractivity contribution in [1.82, 2.24) is 0 Å². The molecule has 0 amide bonds. The molecule has 1 nitrogen and oxygen atoms in total. The Morgan fingerprint density at radius 3 is 2.82 bits per heavy atom. The van der Waals surface area contributed by atoms with E-state index in [0.717, 1.165) is 18.3 Å². The summed E-state index contributed by atoms with van der Waals surface area (Å²) < 4.78 is 0. The van der Waals surface area contributed by atoms with Gasteiger partial charge in [0.2, 0.25) is 0 Å². The molecule has 0 N–H and O–H groups in total. The van der Waals surface area contributed by atoms with Crippen LogP contribution in [-0.4, -0.2) is 6.29 Å². The van der Waals surface area contributed by atoms with Crippen LogP contribution in [0.25, 0.3) is 0 Å². The monoisotopic (exact) mass is 168 g/mol. The molecule has 0 fully saturated rings. The lowest BCUT2D eigenvalue weighted by Crippen LogP contribution is -1.89. The Balaban J connectivity index is 2.65. The zero-order valence-corrected chi connectivity index (χ0v) is 7.65. The highest BCUT2D eigenvalue weighted by atomic mass is 32.1. The first-order chi connectivity index (χ1) is 5.22. The third-order valence-electron chi connectivity index (χ3n) is 1.42. The van der Waals surface area contributed by atoms with Crippen LogP contribution in [0, 0.1) is 5.92 Å². The molecule has 1 heterocycles. The molecule has 0 aliphatic rings. The average molecular weight is 168 g/mol. The predicted molar refractivity (Wildman–Crippen MR) is 48.2 cm³/mol. The van der Waals surface area contributed by atoms with Crippen LogP contribution in [0.5, 0.6) is 0 Å². The Bertz CT molecular complexity index is 237. The van der Waals surface area contributed by atoms with Gasteiger partial charge in [0.25, 0.3) is 0 Å². The van der Waals surface area contributed by atoms with E-state index in [9.17, 15) is 4.79 Å². The predicted octanol–water partition coefficient (Wildman–Crippen LogP) is 2.76. The number of carbonyl (C=O) groups excluding carboxylic acids is 1. The normalized spacial score (nSPS) is 10.5. The number of carbonyl (C=O) groups is 1. The fourth-order valence-corrected chi connectivity index (χ4v) is 2.01. The van der Waals surface area contributed by atoms with Crippen LogP contribution in [0.4, 0.5) is 0 Å². The van der Waals surface area contributed by atoms with Crippen molar-refractivity contribution in [2.24, 2.45) is 5.92 Å². The number of thiophene rings is 1. The molecule has 1 rings (SSSR count). The maximum atomic E-state index is 10.3. The molecule has 2 heteroatoms. The molecule has 0 radical (unpaired) electrons. The van der Waals surface area contributed by atoms with Gasteiger partial charge in [-0.1, -0.05) is 13.8 Å². The molecule has 11 heavy (non-hydrogen) atoms. The lowest BCUT2D eigenvalue weighted by Gasteiger charge is -1.98. The Morgan fingerprint density at radius 2 is 2.36 bits per heavy atom. The van der Waals surface area contributed by atoms with Gasteiger partial charge in [-0.3, -0.25) is 4.79 Å². The topological polar surface area (TPSA) is 17.1 Å². The van der Waals surface area contributed by atoms with Gasteiger partial charge in [-0.15, -0.1) is 11.3 Å². The van der Waals surface area contributed by atoms with Crippen molar-refractivity contribution in [3.8, 4) is 0 Å². The zero-order chi connectivity index (χ0) is 8.27.